The third-order valence-electron chi connectivity index (χ3n) is 4.74. The number of nitrogens with one attached hydrogen (secondary N) is 1. The van der Waals surface area contributed by atoms with E-state index in [1.807, 2.05) is 37.3 Å². The van der Waals surface area contributed by atoms with E-state index in [2.05, 4.69) is 4.72 Å². The Morgan fingerprint density at radius 1 is 0.828 bits per heavy atom. The first-order chi connectivity index (χ1) is 13.8. The predicted octanol–water partition coefficient (Wildman–Crippen LogP) is 3.59. The zero-order chi connectivity index (χ0) is 20.6. The number of nitrogens with zero attached hydrogens (tertiary/aromatic N) is 1. The number of carbonyl (C=O) groups is 2. The number of amides is 2. The lowest BCUT2D eigenvalue weighted by molar-refractivity contribution is 0.0642. The first kappa shape index (κ1) is 18.9. The van der Waals surface area contributed by atoms with Gasteiger partial charge in [-0.1, -0.05) is 48.0 Å². The summed E-state index contributed by atoms with van der Waals surface area (Å²) < 4.78 is 27.7. The second kappa shape index (κ2) is 7.18. The van der Waals surface area contributed by atoms with Crippen molar-refractivity contribution < 1.29 is 18.0 Å². The molecule has 0 aliphatic carbocycles. The van der Waals surface area contributed by atoms with E-state index in [1.165, 1.54) is 30.3 Å². The fourth-order valence-corrected chi connectivity index (χ4v) is 4.24. The summed E-state index contributed by atoms with van der Waals surface area (Å²) in [6.45, 7) is 2.03. The first-order valence-electron chi connectivity index (χ1n) is 8.99. The number of fused-ring (bicyclic) bond motifs is 1. The Labute approximate surface area is 168 Å². The maximum Gasteiger partial charge on any atom is 0.261 e. The molecule has 0 saturated carbocycles. The van der Waals surface area contributed by atoms with Crippen molar-refractivity contribution in [1.82, 2.24) is 4.90 Å². The molecule has 1 N–H and O–H groups in total. The Bertz CT molecular complexity index is 1200. The van der Waals surface area contributed by atoms with Crippen molar-refractivity contribution in [3.63, 3.8) is 0 Å². The van der Waals surface area contributed by atoms with Crippen LogP contribution in [0.5, 0.6) is 0 Å². The number of hydrogen-bond acceptors (Lipinski definition) is 4. The number of rotatable bonds is 5. The van der Waals surface area contributed by atoms with E-state index in [4.69, 9.17) is 0 Å². The predicted molar refractivity (Wildman–Crippen MR) is 109 cm³/mol. The minimum Gasteiger partial charge on any atom is -0.280 e. The highest BCUT2D eigenvalue weighted by molar-refractivity contribution is 7.92. The molecule has 0 bridgehead atoms. The van der Waals surface area contributed by atoms with Gasteiger partial charge in [-0.3, -0.25) is 19.2 Å². The molecule has 0 atom stereocenters. The molecule has 3 aromatic carbocycles. The van der Waals surface area contributed by atoms with E-state index >= 15 is 0 Å². The van der Waals surface area contributed by atoms with Gasteiger partial charge in [-0.2, -0.15) is 0 Å². The van der Waals surface area contributed by atoms with E-state index in [9.17, 15) is 18.0 Å². The van der Waals surface area contributed by atoms with Gasteiger partial charge in [-0.15, -0.1) is 0 Å². The molecule has 7 heteroatoms. The number of aryl methyl sites for hydroxylation is 1. The summed E-state index contributed by atoms with van der Waals surface area (Å²) in [5.74, 6) is -0.827. The molecular formula is C22H18N2O4S. The van der Waals surface area contributed by atoms with Crippen LogP contribution in [0.25, 0.3) is 0 Å². The Hall–Kier alpha value is -3.45. The van der Waals surface area contributed by atoms with E-state index in [1.54, 1.807) is 12.1 Å². The van der Waals surface area contributed by atoms with Gasteiger partial charge in [0.15, 0.2) is 0 Å². The van der Waals surface area contributed by atoms with Crippen LogP contribution in [0.4, 0.5) is 5.69 Å². The molecule has 3 aromatic rings. The third kappa shape index (κ3) is 3.64. The maximum absolute atomic E-state index is 12.8. The molecule has 0 aromatic heterocycles. The highest BCUT2D eigenvalue weighted by Crippen LogP contribution is 2.28. The molecule has 29 heavy (non-hydrogen) atoms. The third-order valence-corrected chi connectivity index (χ3v) is 6.13. The van der Waals surface area contributed by atoms with E-state index in [0.29, 0.717) is 0 Å². The summed E-state index contributed by atoms with van der Waals surface area (Å²) in [6, 6.07) is 20.0. The standard InChI is InChI=1S/C22H18N2O4S/c1-15-7-10-18(11-8-15)29(27,28)23-17-9-12-19-20(13-17)22(26)24(21(19)25)14-16-5-3-2-4-6-16/h2-13,23H,14H2,1H3. The van der Waals surface area contributed by atoms with Crippen molar-refractivity contribution in [3.8, 4) is 0 Å². The lowest BCUT2D eigenvalue weighted by atomic mass is 10.1. The van der Waals surface area contributed by atoms with Crippen LogP contribution in [0.1, 0.15) is 31.8 Å². The summed E-state index contributed by atoms with van der Waals surface area (Å²) in [6.07, 6.45) is 0. The lowest BCUT2D eigenvalue weighted by Crippen LogP contribution is -2.29. The normalized spacial score (nSPS) is 13.5. The van der Waals surface area contributed by atoms with E-state index in [0.717, 1.165) is 16.0 Å². The Kier molecular flexibility index (Phi) is 4.68. The van der Waals surface area contributed by atoms with Gasteiger partial charge in [0, 0.05) is 5.69 Å². The quantitative estimate of drug-likeness (QED) is 0.657. The number of hydrogen-bond donors (Lipinski definition) is 1. The van der Waals surface area contributed by atoms with Crippen molar-refractivity contribution >= 4 is 27.5 Å². The van der Waals surface area contributed by atoms with E-state index in [-0.39, 0.29) is 34.2 Å². The molecule has 1 aliphatic rings. The molecule has 0 unspecified atom stereocenters. The zero-order valence-electron chi connectivity index (χ0n) is 15.6. The molecule has 0 fully saturated rings. The molecule has 0 radical (unpaired) electrons. The molecule has 4 rings (SSSR count). The van der Waals surface area contributed by atoms with Gasteiger partial charge in [0.1, 0.15) is 0 Å². The summed E-state index contributed by atoms with van der Waals surface area (Å²) in [7, 11) is -3.80. The first-order valence-corrected chi connectivity index (χ1v) is 10.5. The number of imide groups is 1. The Balaban J connectivity index is 1.60. The van der Waals surface area contributed by atoms with Gasteiger partial charge in [0.25, 0.3) is 21.8 Å². The second-order valence-electron chi connectivity index (χ2n) is 6.86. The van der Waals surface area contributed by atoms with Crippen molar-refractivity contribution in [2.45, 2.75) is 18.4 Å². The van der Waals surface area contributed by atoms with Crippen LogP contribution < -0.4 is 4.72 Å². The van der Waals surface area contributed by atoms with Crippen molar-refractivity contribution in [2.24, 2.45) is 0 Å². The van der Waals surface area contributed by atoms with Gasteiger partial charge < -0.3 is 0 Å². The van der Waals surface area contributed by atoms with Crippen LogP contribution >= 0.6 is 0 Å². The average molecular weight is 406 g/mol. The van der Waals surface area contributed by atoms with Crippen LogP contribution in [0.2, 0.25) is 0 Å². The Morgan fingerprint density at radius 2 is 1.48 bits per heavy atom. The largest absolute Gasteiger partial charge is 0.280 e. The summed E-state index contributed by atoms with van der Waals surface area (Å²) in [5.41, 5.74) is 2.47. The SMILES string of the molecule is Cc1ccc(S(=O)(=O)Nc2ccc3c(c2)C(=O)N(Cc2ccccc2)C3=O)cc1. The van der Waals surface area contributed by atoms with Crippen molar-refractivity contribution in [3.05, 3.63) is 95.1 Å². The van der Waals surface area contributed by atoms with Crippen LogP contribution in [0.15, 0.2) is 77.7 Å². The average Bonchev–Trinajstić information content (AvgIpc) is 2.93. The van der Waals surface area contributed by atoms with Crippen molar-refractivity contribution in [2.75, 3.05) is 4.72 Å². The minimum atomic E-state index is -3.80. The van der Waals surface area contributed by atoms with Crippen LogP contribution in [-0.4, -0.2) is 25.1 Å². The fraction of sp³-hybridized carbons (Fsp3) is 0.0909. The van der Waals surface area contributed by atoms with E-state index < -0.39 is 15.9 Å². The molecule has 1 aliphatic heterocycles. The van der Waals surface area contributed by atoms with Crippen LogP contribution in [0.3, 0.4) is 0 Å². The molecular weight excluding hydrogens is 388 g/mol. The fourth-order valence-electron chi connectivity index (χ4n) is 3.20. The van der Waals surface area contributed by atoms with Crippen molar-refractivity contribution in [1.29, 1.82) is 0 Å². The van der Waals surface area contributed by atoms with Gasteiger partial charge in [-0.25, -0.2) is 8.42 Å². The summed E-state index contributed by atoms with van der Waals surface area (Å²) in [4.78, 5) is 26.7. The minimum absolute atomic E-state index is 0.122. The topological polar surface area (TPSA) is 83.6 Å². The number of sulfonamides is 1. The number of carbonyl (C=O) groups excluding carboxylic acids is 2. The highest BCUT2D eigenvalue weighted by atomic mass is 32.2. The molecule has 0 spiro atoms. The van der Waals surface area contributed by atoms with Gasteiger partial charge in [-0.05, 0) is 42.8 Å². The summed E-state index contributed by atoms with van der Waals surface area (Å²) in [5, 5.41) is 0. The molecule has 6 nitrogen and oxygen atoms in total. The Morgan fingerprint density at radius 3 is 2.17 bits per heavy atom. The highest BCUT2D eigenvalue weighted by Gasteiger charge is 2.35. The smallest absolute Gasteiger partial charge is 0.261 e. The van der Waals surface area contributed by atoms with Crippen LogP contribution in [0, 0.1) is 6.92 Å². The van der Waals surface area contributed by atoms with Crippen LogP contribution in [-0.2, 0) is 16.6 Å². The lowest BCUT2D eigenvalue weighted by Gasteiger charge is -2.13. The molecule has 0 saturated heterocycles. The number of benzene rings is 3. The molecule has 146 valence electrons. The van der Waals surface area contributed by atoms with Gasteiger partial charge in [0.05, 0.1) is 22.6 Å². The van der Waals surface area contributed by atoms with Gasteiger partial charge >= 0.3 is 0 Å². The second-order valence-corrected chi connectivity index (χ2v) is 8.54. The monoisotopic (exact) mass is 406 g/mol. The molecule has 2 amide bonds. The van der Waals surface area contributed by atoms with Gasteiger partial charge in [0.2, 0.25) is 0 Å². The molecule has 1 heterocycles. The maximum atomic E-state index is 12.8. The zero-order valence-corrected chi connectivity index (χ0v) is 16.4. The number of anilines is 1. The summed E-state index contributed by atoms with van der Waals surface area (Å²) >= 11 is 0.